The SMILES string of the molecule is NCCNC(=O)C1CCCN(C(=O)C2CCS(=O)(=O)C2)C1. The normalized spacial score (nSPS) is 28.3. The molecule has 120 valence electrons. The Morgan fingerprint density at radius 3 is 2.62 bits per heavy atom. The standard InChI is InChI=1S/C13H23N3O4S/c14-4-5-15-12(17)10-2-1-6-16(8-10)13(18)11-3-7-21(19,20)9-11/h10-11H,1-9,14H2,(H,15,17). The zero-order valence-electron chi connectivity index (χ0n) is 12.1. The number of rotatable bonds is 4. The Hall–Kier alpha value is -1.15. The molecule has 2 amide bonds. The van der Waals surface area contributed by atoms with Crippen LogP contribution in [0.2, 0.25) is 0 Å². The van der Waals surface area contributed by atoms with E-state index in [1.54, 1.807) is 4.90 Å². The molecule has 0 aromatic carbocycles. The van der Waals surface area contributed by atoms with Crippen LogP contribution < -0.4 is 11.1 Å². The van der Waals surface area contributed by atoms with E-state index < -0.39 is 15.8 Å². The lowest BCUT2D eigenvalue weighted by atomic mass is 9.95. The number of piperidine rings is 1. The van der Waals surface area contributed by atoms with E-state index >= 15 is 0 Å². The smallest absolute Gasteiger partial charge is 0.226 e. The van der Waals surface area contributed by atoms with Gasteiger partial charge in [0.15, 0.2) is 9.84 Å². The molecule has 3 N–H and O–H groups in total. The summed E-state index contributed by atoms with van der Waals surface area (Å²) in [4.78, 5) is 26.0. The predicted molar refractivity (Wildman–Crippen MR) is 78.1 cm³/mol. The van der Waals surface area contributed by atoms with Crippen LogP contribution in [-0.2, 0) is 19.4 Å². The van der Waals surface area contributed by atoms with Crippen molar-refractivity contribution in [3.05, 3.63) is 0 Å². The van der Waals surface area contributed by atoms with Crippen LogP contribution in [0.3, 0.4) is 0 Å². The second kappa shape index (κ2) is 6.74. The first-order chi connectivity index (χ1) is 9.93. The highest BCUT2D eigenvalue weighted by Gasteiger charge is 2.37. The summed E-state index contributed by atoms with van der Waals surface area (Å²) in [6.45, 7) is 1.81. The number of nitrogens with zero attached hydrogens (tertiary/aromatic N) is 1. The van der Waals surface area contributed by atoms with E-state index in [1.165, 1.54) is 0 Å². The Morgan fingerprint density at radius 2 is 2.00 bits per heavy atom. The van der Waals surface area contributed by atoms with Gasteiger partial charge in [-0.15, -0.1) is 0 Å². The monoisotopic (exact) mass is 317 g/mol. The van der Waals surface area contributed by atoms with E-state index in [-0.39, 0.29) is 29.2 Å². The zero-order chi connectivity index (χ0) is 15.5. The summed E-state index contributed by atoms with van der Waals surface area (Å²) in [5, 5.41) is 2.75. The maximum atomic E-state index is 12.4. The predicted octanol–water partition coefficient (Wildman–Crippen LogP) is -1.27. The van der Waals surface area contributed by atoms with Gasteiger partial charge in [0.05, 0.1) is 23.3 Å². The van der Waals surface area contributed by atoms with Gasteiger partial charge in [-0.1, -0.05) is 0 Å². The van der Waals surface area contributed by atoms with Crippen LogP contribution in [-0.4, -0.2) is 62.8 Å². The van der Waals surface area contributed by atoms with Crippen molar-refractivity contribution in [1.29, 1.82) is 0 Å². The lowest BCUT2D eigenvalue weighted by Gasteiger charge is -2.33. The average Bonchev–Trinajstić information content (AvgIpc) is 2.84. The van der Waals surface area contributed by atoms with Crippen LogP contribution in [0.25, 0.3) is 0 Å². The molecule has 7 nitrogen and oxygen atoms in total. The van der Waals surface area contributed by atoms with E-state index in [0.717, 1.165) is 12.8 Å². The fourth-order valence-corrected chi connectivity index (χ4v) is 4.71. The Balaban J connectivity index is 1.91. The van der Waals surface area contributed by atoms with Crippen molar-refractivity contribution >= 4 is 21.7 Å². The van der Waals surface area contributed by atoms with Crippen LogP contribution in [0.1, 0.15) is 19.3 Å². The third-order valence-corrected chi connectivity index (χ3v) is 5.90. The second-order valence-corrected chi connectivity index (χ2v) is 8.03. The summed E-state index contributed by atoms with van der Waals surface area (Å²) in [5.41, 5.74) is 5.35. The Morgan fingerprint density at radius 1 is 1.24 bits per heavy atom. The van der Waals surface area contributed by atoms with Crippen molar-refractivity contribution in [2.75, 3.05) is 37.7 Å². The van der Waals surface area contributed by atoms with Gasteiger partial charge in [-0.3, -0.25) is 9.59 Å². The zero-order valence-corrected chi connectivity index (χ0v) is 12.9. The first kappa shape index (κ1) is 16.2. The number of hydrogen-bond donors (Lipinski definition) is 2. The van der Waals surface area contributed by atoms with E-state index in [9.17, 15) is 18.0 Å². The maximum Gasteiger partial charge on any atom is 0.226 e. The van der Waals surface area contributed by atoms with Gasteiger partial charge in [0, 0.05) is 26.2 Å². The van der Waals surface area contributed by atoms with Gasteiger partial charge in [-0.05, 0) is 19.3 Å². The molecule has 2 fully saturated rings. The van der Waals surface area contributed by atoms with Crippen molar-refractivity contribution in [3.63, 3.8) is 0 Å². The molecule has 2 heterocycles. The molecule has 0 aromatic rings. The molecule has 2 rings (SSSR count). The summed E-state index contributed by atoms with van der Waals surface area (Å²) < 4.78 is 22.9. The number of amides is 2. The van der Waals surface area contributed by atoms with Gasteiger partial charge in [-0.2, -0.15) is 0 Å². The lowest BCUT2D eigenvalue weighted by molar-refractivity contribution is -0.138. The molecule has 0 aromatic heterocycles. The van der Waals surface area contributed by atoms with Gasteiger partial charge in [0.1, 0.15) is 0 Å². The van der Waals surface area contributed by atoms with E-state index in [2.05, 4.69) is 5.32 Å². The van der Waals surface area contributed by atoms with Gasteiger partial charge >= 0.3 is 0 Å². The summed E-state index contributed by atoms with van der Waals surface area (Å²) >= 11 is 0. The molecule has 2 aliphatic rings. The molecule has 0 bridgehead atoms. The van der Waals surface area contributed by atoms with Crippen molar-refractivity contribution < 1.29 is 18.0 Å². The van der Waals surface area contributed by atoms with Crippen molar-refractivity contribution in [1.82, 2.24) is 10.2 Å². The van der Waals surface area contributed by atoms with Crippen LogP contribution in [0, 0.1) is 11.8 Å². The van der Waals surface area contributed by atoms with Crippen molar-refractivity contribution in [2.45, 2.75) is 19.3 Å². The lowest BCUT2D eigenvalue weighted by Crippen LogP contribution is -2.48. The minimum Gasteiger partial charge on any atom is -0.355 e. The average molecular weight is 317 g/mol. The number of carbonyl (C=O) groups excluding carboxylic acids is 2. The van der Waals surface area contributed by atoms with Gasteiger partial charge in [0.2, 0.25) is 11.8 Å². The molecule has 2 aliphatic heterocycles. The fourth-order valence-electron chi connectivity index (χ4n) is 2.98. The minimum atomic E-state index is -3.06. The number of carbonyl (C=O) groups is 2. The molecule has 0 aliphatic carbocycles. The van der Waals surface area contributed by atoms with E-state index in [0.29, 0.717) is 32.6 Å². The number of sulfone groups is 1. The molecule has 0 spiro atoms. The van der Waals surface area contributed by atoms with E-state index in [4.69, 9.17) is 5.73 Å². The topological polar surface area (TPSA) is 110 Å². The minimum absolute atomic E-state index is 0.0492. The maximum absolute atomic E-state index is 12.4. The van der Waals surface area contributed by atoms with Gasteiger partial charge in [0.25, 0.3) is 0 Å². The second-order valence-electron chi connectivity index (χ2n) is 5.80. The van der Waals surface area contributed by atoms with Crippen molar-refractivity contribution in [3.8, 4) is 0 Å². The highest BCUT2D eigenvalue weighted by Crippen LogP contribution is 2.24. The molecular formula is C13H23N3O4S. The largest absolute Gasteiger partial charge is 0.355 e. The molecule has 2 unspecified atom stereocenters. The van der Waals surface area contributed by atoms with Gasteiger partial charge < -0.3 is 16.0 Å². The van der Waals surface area contributed by atoms with Crippen LogP contribution in [0.15, 0.2) is 0 Å². The summed E-state index contributed by atoms with van der Waals surface area (Å²) in [5.74, 6) is -0.790. The number of nitrogens with one attached hydrogen (secondary N) is 1. The molecule has 8 heteroatoms. The van der Waals surface area contributed by atoms with Gasteiger partial charge in [-0.25, -0.2) is 8.42 Å². The first-order valence-corrected chi connectivity index (χ1v) is 9.22. The molecule has 21 heavy (non-hydrogen) atoms. The van der Waals surface area contributed by atoms with Crippen LogP contribution in [0.4, 0.5) is 0 Å². The Kier molecular flexibility index (Phi) is 5.21. The number of likely N-dealkylation sites (tertiary alicyclic amines) is 1. The molecular weight excluding hydrogens is 294 g/mol. The molecule has 2 atom stereocenters. The third kappa shape index (κ3) is 4.16. The Bertz CT molecular complexity index is 506. The molecule has 0 radical (unpaired) electrons. The molecule has 0 saturated carbocycles. The number of hydrogen-bond acceptors (Lipinski definition) is 5. The van der Waals surface area contributed by atoms with Crippen LogP contribution >= 0.6 is 0 Å². The summed E-state index contributed by atoms with van der Waals surface area (Å²) in [6.07, 6.45) is 1.93. The fraction of sp³-hybridized carbons (Fsp3) is 0.846. The van der Waals surface area contributed by atoms with Crippen LogP contribution in [0.5, 0.6) is 0 Å². The molecule has 2 saturated heterocycles. The Labute approximate surface area is 125 Å². The summed E-state index contributed by atoms with van der Waals surface area (Å²) in [7, 11) is -3.06. The summed E-state index contributed by atoms with van der Waals surface area (Å²) in [6, 6.07) is 0. The highest BCUT2D eigenvalue weighted by atomic mass is 32.2. The quantitative estimate of drug-likeness (QED) is 0.672. The third-order valence-electron chi connectivity index (χ3n) is 4.13. The number of nitrogens with two attached hydrogens (primary N) is 1. The van der Waals surface area contributed by atoms with Crippen molar-refractivity contribution in [2.24, 2.45) is 17.6 Å². The van der Waals surface area contributed by atoms with E-state index in [1.807, 2.05) is 0 Å². The highest BCUT2D eigenvalue weighted by molar-refractivity contribution is 7.91. The first-order valence-electron chi connectivity index (χ1n) is 7.40.